The lowest BCUT2D eigenvalue weighted by Crippen LogP contribution is -2.29. The lowest BCUT2D eigenvalue weighted by atomic mass is 9.97. The van der Waals surface area contributed by atoms with Gasteiger partial charge in [0.15, 0.2) is 0 Å². The number of pyridine rings is 1. The molecule has 0 saturated carbocycles. The topological polar surface area (TPSA) is 48.1 Å². The second-order valence-electron chi connectivity index (χ2n) is 5.53. The highest BCUT2D eigenvalue weighted by molar-refractivity contribution is 5.36. The van der Waals surface area contributed by atoms with Gasteiger partial charge >= 0.3 is 0 Å². The predicted molar refractivity (Wildman–Crippen MR) is 86.4 cm³/mol. The standard InChI is InChI=1S/C18H24N2O/c1-4-13(2)16-9-5-6-10-17(16)21-18(14(3)19)15-8-7-11-20-12-15/h5-14,18H,4,19H2,1-3H3. The maximum Gasteiger partial charge on any atom is 0.140 e. The molecule has 0 aliphatic heterocycles. The van der Waals surface area contributed by atoms with Crippen LogP contribution in [0.2, 0.25) is 0 Å². The molecule has 0 saturated heterocycles. The van der Waals surface area contributed by atoms with E-state index in [1.807, 2.05) is 37.4 Å². The molecular formula is C18H24N2O. The number of hydrogen-bond acceptors (Lipinski definition) is 3. The molecule has 0 aliphatic rings. The van der Waals surface area contributed by atoms with Crippen LogP contribution in [-0.2, 0) is 0 Å². The number of para-hydroxylation sites is 1. The van der Waals surface area contributed by atoms with Gasteiger partial charge in [0.25, 0.3) is 0 Å². The van der Waals surface area contributed by atoms with Gasteiger partial charge in [-0.2, -0.15) is 0 Å². The van der Waals surface area contributed by atoms with Gasteiger partial charge in [0, 0.05) is 24.0 Å². The molecule has 0 fully saturated rings. The zero-order chi connectivity index (χ0) is 15.2. The Morgan fingerprint density at radius 2 is 1.90 bits per heavy atom. The third kappa shape index (κ3) is 3.82. The van der Waals surface area contributed by atoms with Gasteiger partial charge in [-0.05, 0) is 37.0 Å². The highest BCUT2D eigenvalue weighted by atomic mass is 16.5. The molecule has 0 spiro atoms. The van der Waals surface area contributed by atoms with E-state index in [1.165, 1.54) is 5.56 Å². The number of hydrogen-bond donors (Lipinski definition) is 1. The molecule has 3 heteroatoms. The molecule has 3 nitrogen and oxygen atoms in total. The van der Waals surface area contributed by atoms with Crippen LogP contribution in [-0.4, -0.2) is 11.0 Å². The van der Waals surface area contributed by atoms with Crippen molar-refractivity contribution < 1.29 is 4.74 Å². The number of rotatable bonds is 6. The van der Waals surface area contributed by atoms with Crippen LogP contribution >= 0.6 is 0 Å². The van der Waals surface area contributed by atoms with E-state index in [-0.39, 0.29) is 12.1 Å². The minimum absolute atomic E-state index is 0.112. The Bertz CT molecular complexity index is 554. The van der Waals surface area contributed by atoms with Crippen LogP contribution in [0.15, 0.2) is 48.8 Å². The van der Waals surface area contributed by atoms with Crippen molar-refractivity contribution in [2.24, 2.45) is 5.73 Å². The van der Waals surface area contributed by atoms with Crippen molar-refractivity contribution in [1.82, 2.24) is 4.98 Å². The average Bonchev–Trinajstić information content (AvgIpc) is 2.52. The number of aromatic nitrogens is 1. The Morgan fingerprint density at radius 1 is 1.14 bits per heavy atom. The molecule has 1 heterocycles. The third-order valence-corrected chi connectivity index (χ3v) is 3.81. The molecular weight excluding hydrogens is 260 g/mol. The molecule has 1 aromatic heterocycles. The monoisotopic (exact) mass is 284 g/mol. The molecule has 2 aromatic rings. The van der Waals surface area contributed by atoms with Gasteiger partial charge < -0.3 is 10.5 Å². The second-order valence-corrected chi connectivity index (χ2v) is 5.53. The van der Waals surface area contributed by atoms with Crippen LogP contribution < -0.4 is 10.5 Å². The maximum atomic E-state index is 6.25. The summed E-state index contributed by atoms with van der Waals surface area (Å²) in [6.07, 6.45) is 4.47. The lowest BCUT2D eigenvalue weighted by Gasteiger charge is -2.25. The summed E-state index contributed by atoms with van der Waals surface area (Å²) in [5, 5.41) is 0. The van der Waals surface area contributed by atoms with E-state index >= 15 is 0 Å². The first-order valence-electron chi connectivity index (χ1n) is 7.54. The average molecular weight is 284 g/mol. The smallest absolute Gasteiger partial charge is 0.140 e. The van der Waals surface area contributed by atoms with Gasteiger partial charge in [-0.15, -0.1) is 0 Å². The summed E-state index contributed by atoms with van der Waals surface area (Å²) in [5.41, 5.74) is 8.36. The first kappa shape index (κ1) is 15.5. The number of nitrogens with two attached hydrogens (primary N) is 1. The first-order valence-corrected chi connectivity index (χ1v) is 7.54. The second kappa shape index (κ2) is 7.23. The molecule has 112 valence electrons. The number of benzene rings is 1. The summed E-state index contributed by atoms with van der Waals surface area (Å²) in [4.78, 5) is 4.17. The Morgan fingerprint density at radius 3 is 2.52 bits per heavy atom. The summed E-state index contributed by atoms with van der Waals surface area (Å²) >= 11 is 0. The summed E-state index contributed by atoms with van der Waals surface area (Å²) in [5.74, 6) is 1.38. The molecule has 2 N–H and O–H groups in total. The fourth-order valence-corrected chi connectivity index (χ4v) is 2.37. The normalized spacial score (nSPS) is 15.2. The number of ether oxygens (including phenoxy) is 1. The van der Waals surface area contributed by atoms with Gasteiger partial charge in [0.05, 0.1) is 0 Å². The Hall–Kier alpha value is -1.87. The van der Waals surface area contributed by atoms with E-state index < -0.39 is 0 Å². The van der Waals surface area contributed by atoms with Crippen LogP contribution in [0.5, 0.6) is 5.75 Å². The Kier molecular flexibility index (Phi) is 5.34. The van der Waals surface area contributed by atoms with Gasteiger partial charge in [-0.25, -0.2) is 0 Å². The molecule has 21 heavy (non-hydrogen) atoms. The van der Waals surface area contributed by atoms with Crippen molar-refractivity contribution in [3.05, 3.63) is 59.9 Å². The molecule has 2 rings (SSSR count). The number of nitrogens with zero attached hydrogens (tertiary/aromatic N) is 1. The molecule has 0 amide bonds. The summed E-state index contributed by atoms with van der Waals surface area (Å²) in [6.45, 7) is 6.36. The summed E-state index contributed by atoms with van der Waals surface area (Å²) in [6, 6.07) is 12.0. The van der Waals surface area contributed by atoms with Crippen molar-refractivity contribution in [2.45, 2.75) is 45.3 Å². The van der Waals surface area contributed by atoms with Crippen molar-refractivity contribution >= 4 is 0 Å². The van der Waals surface area contributed by atoms with Crippen LogP contribution in [0.3, 0.4) is 0 Å². The van der Waals surface area contributed by atoms with Gasteiger partial charge in [0.1, 0.15) is 11.9 Å². The lowest BCUT2D eigenvalue weighted by molar-refractivity contribution is 0.177. The van der Waals surface area contributed by atoms with Crippen LogP contribution in [0.4, 0.5) is 0 Å². The van der Waals surface area contributed by atoms with Crippen LogP contribution in [0, 0.1) is 0 Å². The molecule has 0 bridgehead atoms. The van der Waals surface area contributed by atoms with E-state index in [4.69, 9.17) is 10.5 Å². The van der Waals surface area contributed by atoms with Crippen LogP contribution in [0.25, 0.3) is 0 Å². The SMILES string of the molecule is CCC(C)c1ccccc1OC(c1cccnc1)C(C)N. The predicted octanol–water partition coefficient (Wildman–Crippen LogP) is 4.06. The van der Waals surface area contributed by atoms with Gasteiger partial charge in [0.2, 0.25) is 0 Å². The quantitative estimate of drug-likeness (QED) is 0.870. The van der Waals surface area contributed by atoms with Crippen LogP contribution in [0.1, 0.15) is 50.3 Å². The molecule has 0 radical (unpaired) electrons. The van der Waals surface area contributed by atoms with E-state index in [1.54, 1.807) is 6.20 Å². The van der Waals surface area contributed by atoms with Crippen molar-refractivity contribution in [1.29, 1.82) is 0 Å². The maximum absolute atomic E-state index is 6.25. The molecule has 3 atom stereocenters. The fourth-order valence-electron chi connectivity index (χ4n) is 2.37. The first-order chi connectivity index (χ1) is 10.1. The molecule has 1 aromatic carbocycles. The van der Waals surface area contributed by atoms with Crippen molar-refractivity contribution in [2.75, 3.05) is 0 Å². The van der Waals surface area contributed by atoms with Gasteiger partial charge in [-0.3, -0.25) is 4.98 Å². The molecule has 0 aliphatic carbocycles. The Balaban J connectivity index is 2.30. The minimum Gasteiger partial charge on any atom is -0.484 e. The van der Waals surface area contributed by atoms with E-state index in [0.29, 0.717) is 5.92 Å². The van der Waals surface area contributed by atoms with E-state index in [2.05, 4.69) is 31.0 Å². The van der Waals surface area contributed by atoms with Crippen molar-refractivity contribution in [3.63, 3.8) is 0 Å². The molecule has 3 unspecified atom stereocenters. The summed E-state index contributed by atoms with van der Waals surface area (Å²) < 4.78 is 6.25. The third-order valence-electron chi connectivity index (χ3n) is 3.81. The van der Waals surface area contributed by atoms with Crippen molar-refractivity contribution in [3.8, 4) is 5.75 Å². The minimum atomic E-state index is -0.191. The fraction of sp³-hybridized carbons (Fsp3) is 0.389. The van der Waals surface area contributed by atoms with E-state index in [0.717, 1.165) is 17.7 Å². The summed E-state index contributed by atoms with van der Waals surface area (Å²) in [7, 11) is 0. The Labute approximate surface area is 127 Å². The highest BCUT2D eigenvalue weighted by Crippen LogP contribution is 2.32. The van der Waals surface area contributed by atoms with E-state index in [9.17, 15) is 0 Å². The van der Waals surface area contributed by atoms with Gasteiger partial charge in [-0.1, -0.05) is 38.1 Å². The zero-order valence-electron chi connectivity index (χ0n) is 13.0. The highest BCUT2D eigenvalue weighted by Gasteiger charge is 2.20. The largest absolute Gasteiger partial charge is 0.484 e. The zero-order valence-corrected chi connectivity index (χ0v) is 13.0.